The number of nitrogens with zero attached hydrogens (tertiary/aromatic N) is 5. The Morgan fingerprint density at radius 2 is 1.61 bits per heavy atom. The summed E-state index contributed by atoms with van der Waals surface area (Å²) in [6, 6.07) is 16.4. The van der Waals surface area contributed by atoms with Crippen molar-refractivity contribution in [1.82, 2.24) is 20.0 Å². The first kappa shape index (κ1) is 21.6. The topological polar surface area (TPSA) is 65.7 Å². The highest BCUT2D eigenvalue weighted by atomic mass is 19.1. The Labute approximate surface area is 192 Å². The minimum atomic E-state index is -0.293. The lowest BCUT2D eigenvalue weighted by molar-refractivity contribution is -0.133. The van der Waals surface area contributed by atoms with E-state index in [-0.39, 0.29) is 17.6 Å². The molecule has 0 spiro atoms. The normalized spacial score (nSPS) is 18.0. The fourth-order valence-corrected chi connectivity index (χ4v) is 4.59. The van der Waals surface area contributed by atoms with Crippen molar-refractivity contribution in [3.05, 3.63) is 66.3 Å². The van der Waals surface area contributed by atoms with Crippen LogP contribution < -0.4 is 4.90 Å². The van der Waals surface area contributed by atoms with E-state index >= 15 is 0 Å². The number of likely N-dealkylation sites (tertiary alicyclic amines) is 1. The number of carbonyl (C=O) groups excluding carboxylic acids is 1. The van der Waals surface area contributed by atoms with Gasteiger partial charge in [0, 0.05) is 43.3 Å². The molecule has 0 unspecified atom stereocenters. The van der Waals surface area contributed by atoms with E-state index in [1.54, 1.807) is 12.1 Å². The average Bonchev–Trinajstić information content (AvgIpc) is 3.36. The zero-order valence-corrected chi connectivity index (χ0v) is 18.6. The molecule has 5 rings (SSSR count). The highest BCUT2D eigenvalue weighted by molar-refractivity contribution is 5.78. The van der Waals surface area contributed by atoms with Gasteiger partial charge in [-0.2, -0.15) is 0 Å². The van der Waals surface area contributed by atoms with Crippen LogP contribution in [0.4, 0.5) is 10.1 Å². The number of rotatable bonds is 5. The first-order chi connectivity index (χ1) is 16.2. The van der Waals surface area contributed by atoms with E-state index in [9.17, 15) is 9.18 Å². The molecule has 8 heteroatoms. The molecule has 2 saturated heterocycles. The highest BCUT2D eigenvalue weighted by Crippen LogP contribution is 2.29. The predicted octanol–water partition coefficient (Wildman–Crippen LogP) is 3.40. The van der Waals surface area contributed by atoms with Crippen LogP contribution in [0.2, 0.25) is 0 Å². The van der Waals surface area contributed by atoms with Gasteiger partial charge in [-0.3, -0.25) is 9.69 Å². The van der Waals surface area contributed by atoms with Gasteiger partial charge in [0.2, 0.25) is 17.7 Å². The van der Waals surface area contributed by atoms with Crippen LogP contribution in [0.25, 0.3) is 11.5 Å². The maximum absolute atomic E-state index is 13.1. The van der Waals surface area contributed by atoms with Gasteiger partial charge in [-0.05, 0) is 62.3 Å². The lowest BCUT2D eigenvalue weighted by Crippen LogP contribution is -2.51. The van der Waals surface area contributed by atoms with Crippen molar-refractivity contribution in [2.75, 3.05) is 50.7 Å². The molecule has 2 fully saturated rings. The van der Waals surface area contributed by atoms with E-state index in [0.717, 1.165) is 52.1 Å². The van der Waals surface area contributed by atoms with Gasteiger partial charge >= 0.3 is 0 Å². The SMILES string of the molecule is O=C(CN1CCC(c2nnc(-c3ccc(F)cc3)o2)CC1)N1CCN(c2ccccc2)CC1. The smallest absolute Gasteiger partial charge is 0.247 e. The number of halogens is 1. The minimum absolute atomic E-state index is 0.187. The zero-order valence-electron chi connectivity index (χ0n) is 18.6. The Bertz CT molecular complexity index is 1060. The summed E-state index contributed by atoms with van der Waals surface area (Å²) in [5.74, 6) is 1.14. The lowest BCUT2D eigenvalue weighted by atomic mass is 9.97. The fraction of sp³-hybridized carbons (Fsp3) is 0.400. The standard InChI is InChI=1S/C25H28FN5O2/c26-21-8-6-19(7-9-21)24-27-28-25(33-24)20-10-12-29(13-11-20)18-23(32)31-16-14-30(15-17-31)22-4-2-1-3-5-22/h1-9,20H,10-18H2. The minimum Gasteiger partial charge on any atom is -0.420 e. The summed E-state index contributed by atoms with van der Waals surface area (Å²) >= 11 is 0. The molecule has 1 amide bonds. The van der Waals surface area contributed by atoms with E-state index in [2.05, 4.69) is 32.1 Å². The van der Waals surface area contributed by atoms with E-state index in [4.69, 9.17) is 4.42 Å². The molecule has 0 radical (unpaired) electrons. The van der Waals surface area contributed by atoms with Crippen LogP contribution in [0.15, 0.2) is 59.0 Å². The summed E-state index contributed by atoms with van der Waals surface area (Å²) in [5.41, 5.74) is 1.93. The van der Waals surface area contributed by atoms with E-state index < -0.39 is 0 Å². The lowest BCUT2D eigenvalue weighted by Gasteiger charge is -2.37. The molecule has 3 heterocycles. The van der Waals surface area contributed by atoms with Crippen LogP contribution in [0.1, 0.15) is 24.7 Å². The number of anilines is 1. The molecule has 33 heavy (non-hydrogen) atoms. The van der Waals surface area contributed by atoms with Crippen molar-refractivity contribution in [2.45, 2.75) is 18.8 Å². The number of aromatic nitrogens is 2. The molecule has 2 aromatic carbocycles. The van der Waals surface area contributed by atoms with Crippen LogP contribution in [0.5, 0.6) is 0 Å². The van der Waals surface area contributed by atoms with Gasteiger partial charge < -0.3 is 14.2 Å². The Kier molecular flexibility index (Phi) is 6.35. The van der Waals surface area contributed by atoms with Gasteiger partial charge in [0.15, 0.2) is 0 Å². The fourth-order valence-electron chi connectivity index (χ4n) is 4.59. The Morgan fingerprint density at radius 3 is 2.30 bits per heavy atom. The van der Waals surface area contributed by atoms with Gasteiger partial charge in [-0.1, -0.05) is 18.2 Å². The summed E-state index contributed by atoms with van der Waals surface area (Å²) in [4.78, 5) is 19.4. The van der Waals surface area contributed by atoms with Gasteiger partial charge in [0.05, 0.1) is 6.54 Å². The molecule has 2 aliphatic rings. The van der Waals surface area contributed by atoms with Gasteiger partial charge in [-0.25, -0.2) is 4.39 Å². The Balaban J connectivity index is 1.09. The van der Waals surface area contributed by atoms with Crippen LogP contribution in [-0.2, 0) is 4.79 Å². The summed E-state index contributed by atoms with van der Waals surface area (Å²) in [6.45, 7) is 5.37. The van der Waals surface area contributed by atoms with E-state index in [1.807, 2.05) is 23.1 Å². The van der Waals surface area contributed by atoms with Crippen LogP contribution in [0.3, 0.4) is 0 Å². The third-order valence-electron chi connectivity index (χ3n) is 6.58. The summed E-state index contributed by atoms with van der Waals surface area (Å²) in [6.07, 6.45) is 1.75. The predicted molar refractivity (Wildman–Crippen MR) is 123 cm³/mol. The second-order valence-electron chi connectivity index (χ2n) is 8.71. The molecule has 0 N–H and O–H groups in total. The van der Waals surface area contributed by atoms with Crippen molar-refractivity contribution in [2.24, 2.45) is 0 Å². The third-order valence-corrected chi connectivity index (χ3v) is 6.58. The number of piperidine rings is 1. The van der Waals surface area contributed by atoms with Crippen LogP contribution in [0, 0.1) is 5.82 Å². The number of hydrogen-bond donors (Lipinski definition) is 0. The third kappa shape index (κ3) is 5.06. The Morgan fingerprint density at radius 1 is 0.909 bits per heavy atom. The van der Waals surface area contributed by atoms with Crippen molar-refractivity contribution in [1.29, 1.82) is 0 Å². The number of amides is 1. The van der Waals surface area contributed by atoms with E-state index in [0.29, 0.717) is 23.9 Å². The molecule has 0 atom stereocenters. The average molecular weight is 450 g/mol. The number of hydrogen-bond acceptors (Lipinski definition) is 6. The number of para-hydroxylation sites is 1. The van der Waals surface area contributed by atoms with E-state index in [1.165, 1.54) is 17.8 Å². The van der Waals surface area contributed by atoms with Crippen LogP contribution in [-0.4, -0.2) is 71.7 Å². The molecular formula is C25H28FN5O2. The van der Waals surface area contributed by atoms with Gasteiger partial charge in [0.1, 0.15) is 5.82 Å². The van der Waals surface area contributed by atoms with Crippen LogP contribution >= 0.6 is 0 Å². The first-order valence-corrected chi connectivity index (χ1v) is 11.6. The molecule has 3 aromatic rings. The van der Waals surface area contributed by atoms with Crippen molar-refractivity contribution in [3.8, 4) is 11.5 Å². The Hall–Kier alpha value is -3.26. The molecule has 0 saturated carbocycles. The van der Waals surface area contributed by atoms with Crippen molar-refractivity contribution < 1.29 is 13.6 Å². The summed E-state index contributed by atoms with van der Waals surface area (Å²) < 4.78 is 19.0. The zero-order chi connectivity index (χ0) is 22.6. The molecular weight excluding hydrogens is 421 g/mol. The number of piperazine rings is 1. The molecule has 0 bridgehead atoms. The summed E-state index contributed by atoms with van der Waals surface area (Å²) in [5, 5.41) is 8.35. The van der Waals surface area contributed by atoms with Gasteiger partial charge in [-0.15, -0.1) is 10.2 Å². The highest BCUT2D eigenvalue weighted by Gasteiger charge is 2.28. The molecule has 1 aromatic heterocycles. The quantitative estimate of drug-likeness (QED) is 0.595. The largest absolute Gasteiger partial charge is 0.420 e. The molecule has 172 valence electrons. The molecule has 2 aliphatic heterocycles. The molecule has 7 nitrogen and oxygen atoms in total. The number of carbonyl (C=O) groups is 1. The first-order valence-electron chi connectivity index (χ1n) is 11.6. The summed E-state index contributed by atoms with van der Waals surface area (Å²) in [7, 11) is 0. The monoisotopic (exact) mass is 449 g/mol. The molecule has 0 aliphatic carbocycles. The van der Waals surface area contributed by atoms with Crippen molar-refractivity contribution >= 4 is 11.6 Å². The van der Waals surface area contributed by atoms with Gasteiger partial charge in [0.25, 0.3) is 0 Å². The maximum atomic E-state index is 13.1. The van der Waals surface area contributed by atoms with Crippen molar-refractivity contribution in [3.63, 3.8) is 0 Å². The second-order valence-corrected chi connectivity index (χ2v) is 8.71. The second kappa shape index (κ2) is 9.70. The maximum Gasteiger partial charge on any atom is 0.247 e. The number of benzene rings is 2.